The van der Waals surface area contributed by atoms with Gasteiger partial charge in [0.1, 0.15) is 17.6 Å². The lowest BCUT2D eigenvalue weighted by molar-refractivity contribution is 0.149. The highest BCUT2D eigenvalue weighted by Crippen LogP contribution is 2.40. The molecule has 4 nitrogen and oxygen atoms in total. The number of aromatic nitrogens is 3. The Morgan fingerprint density at radius 3 is 2.89 bits per heavy atom. The second-order valence-corrected chi connectivity index (χ2v) is 4.71. The molecule has 3 rings (SSSR count). The molecule has 1 aromatic carbocycles. The lowest BCUT2D eigenvalue weighted by Crippen LogP contribution is -2.02. The van der Waals surface area contributed by atoms with Crippen molar-refractivity contribution in [2.24, 2.45) is 5.92 Å². The van der Waals surface area contributed by atoms with Gasteiger partial charge in [-0.25, -0.2) is 9.07 Å². The molecule has 1 heterocycles. The van der Waals surface area contributed by atoms with E-state index in [1.54, 1.807) is 29.1 Å². The van der Waals surface area contributed by atoms with E-state index in [0.717, 1.165) is 12.8 Å². The second kappa shape index (κ2) is 4.49. The van der Waals surface area contributed by atoms with Gasteiger partial charge in [-0.05, 0) is 24.8 Å². The van der Waals surface area contributed by atoms with Crippen molar-refractivity contribution in [2.75, 3.05) is 0 Å². The van der Waals surface area contributed by atoms with E-state index in [-0.39, 0.29) is 5.82 Å². The molecule has 0 saturated heterocycles. The van der Waals surface area contributed by atoms with E-state index in [9.17, 15) is 9.50 Å². The summed E-state index contributed by atoms with van der Waals surface area (Å²) >= 11 is 0. The van der Waals surface area contributed by atoms with Crippen LogP contribution in [-0.2, 0) is 6.54 Å². The average molecular weight is 247 g/mol. The summed E-state index contributed by atoms with van der Waals surface area (Å²) in [4.78, 5) is 0. The van der Waals surface area contributed by atoms with Crippen LogP contribution in [0.15, 0.2) is 30.5 Å². The number of aliphatic hydroxyl groups is 1. The predicted octanol–water partition coefficient (Wildman–Crippen LogP) is 1.91. The van der Waals surface area contributed by atoms with Crippen LogP contribution in [0.5, 0.6) is 0 Å². The van der Waals surface area contributed by atoms with E-state index in [1.807, 2.05) is 0 Å². The molecule has 1 aliphatic rings. The fourth-order valence-electron chi connectivity index (χ4n) is 1.98. The maximum Gasteiger partial charge on any atom is 0.128 e. The van der Waals surface area contributed by atoms with Crippen LogP contribution in [0.3, 0.4) is 0 Å². The Labute approximate surface area is 104 Å². The highest BCUT2D eigenvalue weighted by atomic mass is 19.1. The summed E-state index contributed by atoms with van der Waals surface area (Å²) < 4.78 is 15.0. The lowest BCUT2D eigenvalue weighted by Gasteiger charge is -2.03. The third-order valence-electron chi connectivity index (χ3n) is 3.22. The topological polar surface area (TPSA) is 50.9 Å². The maximum absolute atomic E-state index is 13.5. The Morgan fingerprint density at radius 1 is 1.39 bits per heavy atom. The van der Waals surface area contributed by atoms with Crippen LogP contribution >= 0.6 is 0 Å². The summed E-state index contributed by atoms with van der Waals surface area (Å²) in [5.41, 5.74) is 1.14. The van der Waals surface area contributed by atoms with Crippen molar-refractivity contribution in [1.82, 2.24) is 15.0 Å². The summed E-state index contributed by atoms with van der Waals surface area (Å²) in [5, 5.41) is 17.8. The molecule has 1 saturated carbocycles. The zero-order chi connectivity index (χ0) is 12.5. The first kappa shape index (κ1) is 11.3. The van der Waals surface area contributed by atoms with Gasteiger partial charge in [-0.15, -0.1) is 5.10 Å². The Balaban J connectivity index is 1.75. The first-order valence-electron chi connectivity index (χ1n) is 6.05. The molecule has 0 amide bonds. The molecular weight excluding hydrogens is 233 g/mol. The van der Waals surface area contributed by atoms with E-state index < -0.39 is 6.10 Å². The first-order valence-corrected chi connectivity index (χ1v) is 6.05. The minimum absolute atomic E-state index is 0.253. The van der Waals surface area contributed by atoms with Crippen LogP contribution in [-0.4, -0.2) is 20.1 Å². The van der Waals surface area contributed by atoms with Gasteiger partial charge in [-0.2, -0.15) is 0 Å². The summed E-state index contributed by atoms with van der Waals surface area (Å²) in [6, 6.07) is 6.58. The van der Waals surface area contributed by atoms with Gasteiger partial charge >= 0.3 is 0 Å². The minimum Gasteiger partial charge on any atom is -0.386 e. The number of rotatable bonds is 4. The Morgan fingerprint density at radius 2 is 2.17 bits per heavy atom. The molecule has 18 heavy (non-hydrogen) atoms. The fraction of sp³-hybridized carbons (Fsp3) is 0.385. The standard InChI is InChI=1S/C13H14FN3O/c14-11-4-2-1-3-10(11)7-17-8-12(15-16-17)13(18)9-5-6-9/h1-4,8-9,13,18H,5-7H2. The van der Waals surface area contributed by atoms with Gasteiger partial charge in [-0.3, -0.25) is 0 Å². The largest absolute Gasteiger partial charge is 0.386 e. The summed E-state index contributed by atoms with van der Waals surface area (Å²) in [5.74, 6) is 0.0703. The Kier molecular flexibility index (Phi) is 2.83. The number of aliphatic hydroxyl groups excluding tert-OH is 1. The molecule has 1 fully saturated rings. The lowest BCUT2D eigenvalue weighted by atomic mass is 10.2. The van der Waals surface area contributed by atoms with Crippen molar-refractivity contribution in [3.63, 3.8) is 0 Å². The Bertz CT molecular complexity index is 551. The van der Waals surface area contributed by atoms with Crippen LogP contribution in [0.4, 0.5) is 4.39 Å². The average Bonchev–Trinajstić information content (AvgIpc) is 3.12. The van der Waals surface area contributed by atoms with Crippen molar-refractivity contribution in [1.29, 1.82) is 0 Å². The van der Waals surface area contributed by atoms with Crippen molar-refractivity contribution in [3.05, 3.63) is 47.5 Å². The molecule has 1 N–H and O–H groups in total. The van der Waals surface area contributed by atoms with Crippen molar-refractivity contribution in [3.8, 4) is 0 Å². The highest BCUT2D eigenvalue weighted by Gasteiger charge is 2.32. The van der Waals surface area contributed by atoms with Crippen molar-refractivity contribution < 1.29 is 9.50 Å². The number of nitrogens with zero attached hydrogens (tertiary/aromatic N) is 3. The van der Waals surface area contributed by atoms with Crippen LogP contribution in [0.25, 0.3) is 0 Å². The molecular formula is C13H14FN3O. The number of hydrogen-bond donors (Lipinski definition) is 1. The van der Waals surface area contributed by atoms with Gasteiger partial charge in [0.2, 0.25) is 0 Å². The monoisotopic (exact) mass is 247 g/mol. The molecule has 0 spiro atoms. The molecule has 1 unspecified atom stereocenters. The van der Waals surface area contributed by atoms with Gasteiger partial charge < -0.3 is 5.11 Å². The molecule has 1 atom stereocenters. The van der Waals surface area contributed by atoms with E-state index in [4.69, 9.17) is 0 Å². The quantitative estimate of drug-likeness (QED) is 0.897. The summed E-state index contributed by atoms with van der Waals surface area (Å²) in [7, 11) is 0. The van der Waals surface area contributed by atoms with Gasteiger partial charge in [0.05, 0.1) is 12.7 Å². The third kappa shape index (κ3) is 2.26. The molecule has 1 aromatic heterocycles. The first-order chi connectivity index (χ1) is 8.74. The molecule has 2 aromatic rings. The SMILES string of the molecule is OC(c1cn(Cc2ccccc2F)nn1)C1CC1. The van der Waals surface area contributed by atoms with Gasteiger partial charge in [0, 0.05) is 5.56 Å². The Hall–Kier alpha value is -1.75. The predicted molar refractivity (Wildman–Crippen MR) is 63.2 cm³/mol. The molecule has 5 heteroatoms. The van der Waals surface area contributed by atoms with E-state index >= 15 is 0 Å². The zero-order valence-corrected chi connectivity index (χ0v) is 9.83. The number of hydrogen-bond acceptors (Lipinski definition) is 3. The number of halogens is 1. The minimum atomic E-state index is -0.528. The van der Waals surface area contributed by atoms with Crippen LogP contribution in [0, 0.1) is 11.7 Å². The normalized spacial score (nSPS) is 16.8. The van der Waals surface area contributed by atoms with Crippen molar-refractivity contribution in [2.45, 2.75) is 25.5 Å². The van der Waals surface area contributed by atoms with E-state index in [2.05, 4.69) is 10.3 Å². The summed E-state index contributed by atoms with van der Waals surface area (Å²) in [6.07, 6.45) is 3.25. The molecule has 0 radical (unpaired) electrons. The summed E-state index contributed by atoms with van der Waals surface area (Å²) in [6.45, 7) is 0.330. The van der Waals surface area contributed by atoms with Crippen LogP contribution in [0.1, 0.15) is 30.2 Å². The van der Waals surface area contributed by atoms with Gasteiger partial charge in [-0.1, -0.05) is 23.4 Å². The smallest absolute Gasteiger partial charge is 0.128 e. The van der Waals surface area contributed by atoms with Gasteiger partial charge in [0.25, 0.3) is 0 Å². The second-order valence-electron chi connectivity index (χ2n) is 4.71. The van der Waals surface area contributed by atoms with Crippen LogP contribution < -0.4 is 0 Å². The fourth-order valence-corrected chi connectivity index (χ4v) is 1.98. The molecule has 0 bridgehead atoms. The molecule has 94 valence electrons. The maximum atomic E-state index is 13.5. The zero-order valence-electron chi connectivity index (χ0n) is 9.83. The molecule has 0 aliphatic heterocycles. The van der Waals surface area contributed by atoms with Gasteiger partial charge in [0.15, 0.2) is 0 Å². The van der Waals surface area contributed by atoms with Crippen LogP contribution in [0.2, 0.25) is 0 Å². The van der Waals surface area contributed by atoms with E-state index in [1.165, 1.54) is 6.07 Å². The van der Waals surface area contributed by atoms with E-state index in [0.29, 0.717) is 23.7 Å². The third-order valence-corrected chi connectivity index (χ3v) is 3.22. The van der Waals surface area contributed by atoms with Crippen molar-refractivity contribution >= 4 is 0 Å². The molecule has 1 aliphatic carbocycles. The highest BCUT2D eigenvalue weighted by molar-refractivity contribution is 5.17. The number of benzene rings is 1.